The number of aliphatic hydroxyl groups is 3. The normalized spacial score (nSPS) is 31.8. The van der Waals surface area contributed by atoms with Crippen LogP contribution in [0.25, 0.3) is 0 Å². The van der Waals surface area contributed by atoms with Crippen LogP contribution < -0.4 is 5.32 Å². The highest BCUT2D eigenvalue weighted by Gasteiger charge is 2.52. The molecule has 10 heteroatoms. The van der Waals surface area contributed by atoms with Crippen LogP contribution in [0.3, 0.4) is 0 Å². The first-order valence-corrected chi connectivity index (χ1v) is 8.88. The van der Waals surface area contributed by atoms with Gasteiger partial charge in [-0.05, 0) is 6.92 Å². The van der Waals surface area contributed by atoms with Gasteiger partial charge >= 0.3 is 5.97 Å². The van der Waals surface area contributed by atoms with Crippen molar-refractivity contribution in [2.75, 3.05) is 5.75 Å². The van der Waals surface area contributed by atoms with Gasteiger partial charge in [0.2, 0.25) is 5.91 Å². The van der Waals surface area contributed by atoms with Crippen molar-refractivity contribution in [1.29, 1.82) is 0 Å². The van der Waals surface area contributed by atoms with Crippen LogP contribution in [-0.4, -0.2) is 79.2 Å². The van der Waals surface area contributed by atoms with Crippen molar-refractivity contribution in [1.82, 2.24) is 5.32 Å². The lowest BCUT2D eigenvalue weighted by atomic mass is 9.84. The summed E-state index contributed by atoms with van der Waals surface area (Å²) in [6.07, 6.45) is -5.71. The Kier molecular flexibility index (Phi) is 7.82. The Balaban J connectivity index is 2.98. The summed E-state index contributed by atoms with van der Waals surface area (Å²) in [6.45, 7) is 4.10. The Bertz CT molecular complexity index is 516. The molecule has 1 heterocycles. The number of carboxylic acids is 1. The average molecular weight is 379 g/mol. The molecule has 1 aliphatic rings. The molecular weight excluding hydrogens is 354 g/mol. The number of ether oxygens (including phenoxy) is 1. The molecule has 6 atom stereocenters. The molecule has 0 saturated carbocycles. The van der Waals surface area contributed by atoms with Gasteiger partial charge in [0.1, 0.15) is 12.2 Å². The molecule has 0 aliphatic carbocycles. The van der Waals surface area contributed by atoms with Gasteiger partial charge in [-0.2, -0.15) is 0 Å². The minimum atomic E-state index is -1.79. The molecule has 1 amide bonds. The largest absolute Gasteiger partial charge is 0.479 e. The fraction of sp³-hybridized carbons (Fsp3) is 0.800. The third-order valence-corrected chi connectivity index (χ3v) is 5.14. The molecule has 25 heavy (non-hydrogen) atoms. The third kappa shape index (κ3) is 5.65. The van der Waals surface area contributed by atoms with Gasteiger partial charge in [0.05, 0.1) is 18.2 Å². The summed E-state index contributed by atoms with van der Waals surface area (Å²) in [6, 6.07) is -1.10. The van der Waals surface area contributed by atoms with Crippen LogP contribution in [0.1, 0.15) is 33.6 Å². The number of carbonyl (C=O) groups is 3. The highest BCUT2D eigenvalue weighted by atomic mass is 32.2. The molecule has 0 spiro atoms. The van der Waals surface area contributed by atoms with Crippen molar-refractivity contribution in [2.45, 2.75) is 69.7 Å². The predicted molar refractivity (Wildman–Crippen MR) is 88.9 cm³/mol. The quantitative estimate of drug-likeness (QED) is 0.370. The fourth-order valence-corrected chi connectivity index (χ4v) is 3.36. The van der Waals surface area contributed by atoms with Gasteiger partial charge in [0.25, 0.3) is 0 Å². The van der Waals surface area contributed by atoms with E-state index in [0.29, 0.717) is 0 Å². The molecule has 0 aromatic rings. The van der Waals surface area contributed by atoms with Crippen LogP contribution in [-0.2, 0) is 19.1 Å². The van der Waals surface area contributed by atoms with E-state index in [2.05, 4.69) is 5.32 Å². The monoisotopic (exact) mass is 379 g/mol. The SMILES string of the molecule is CCC(=O)SC[C@@H](O)[C@@H](O)C1O[C@](C)(C(=O)O)C[C@@H](O)[C@H]1NC(C)=O. The third-order valence-electron chi connectivity index (χ3n) is 4.02. The van der Waals surface area contributed by atoms with Gasteiger partial charge < -0.3 is 30.5 Å². The lowest BCUT2D eigenvalue weighted by Gasteiger charge is -2.45. The topological polar surface area (TPSA) is 153 Å². The Labute approximate surface area is 149 Å². The zero-order valence-electron chi connectivity index (χ0n) is 14.3. The van der Waals surface area contributed by atoms with E-state index >= 15 is 0 Å². The number of hydrogen-bond donors (Lipinski definition) is 5. The Morgan fingerprint density at radius 2 is 1.96 bits per heavy atom. The number of nitrogens with one attached hydrogen (secondary N) is 1. The minimum Gasteiger partial charge on any atom is -0.479 e. The lowest BCUT2D eigenvalue weighted by Crippen LogP contribution is -2.66. The second kappa shape index (κ2) is 8.95. The number of aliphatic carboxylic acids is 1. The molecule has 144 valence electrons. The number of carboxylic acid groups (broad SMARTS) is 1. The highest BCUT2D eigenvalue weighted by Crippen LogP contribution is 2.32. The van der Waals surface area contributed by atoms with Crippen molar-refractivity contribution in [3.8, 4) is 0 Å². The molecule has 1 unspecified atom stereocenters. The van der Waals surface area contributed by atoms with Crippen molar-refractivity contribution < 1.29 is 39.5 Å². The first-order chi connectivity index (χ1) is 11.5. The fourth-order valence-electron chi connectivity index (χ4n) is 2.60. The maximum Gasteiger partial charge on any atom is 0.335 e. The molecule has 0 aromatic heterocycles. The van der Waals surface area contributed by atoms with Gasteiger partial charge in [0.15, 0.2) is 10.7 Å². The van der Waals surface area contributed by atoms with Crippen molar-refractivity contribution in [3.05, 3.63) is 0 Å². The second-order valence-corrected chi connectivity index (χ2v) is 7.29. The molecular formula is C15H25NO8S. The number of hydrogen-bond acceptors (Lipinski definition) is 8. The maximum atomic E-state index is 11.4. The predicted octanol–water partition coefficient (Wildman–Crippen LogP) is -1.12. The molecule has 1 aliphatic heterocycles. The van der Waals surface area contributed by atoms with Crippen LogP contribution in [0.4, 0.5) is 0 Å². The van der Waals surface area contributed by atoms with Crippen molar-refractivity contribution >= 4 is 28.8 Å². The zero-order valence-corrected chi connectivity index (χ0v) is 15.2. The van der Waals surface area contributed by atoms with E-state index in [-0.39, 0.29) is 23.7 Å². The Hall–Kier alpha value is -1.20. The molecule has 1 fully saturated rings. The summed E-state index contributed by atoms with van der Waals surface area (Å²) in [5.74, 6) is -1.97. The van der Waals surface area contributed by atoms with Gasteiger partial charge in [-0.3, -0.25) is 9.59 Å². The molecule has 1 saturated heterocycles. The van der Waals surface area contributed by atoms with E-state index in [1.54, 1.807) is 6.92 Å². The molecule has 0 bridgehead atoms. The summed E-state index contributed by atoms with van der Waals surface area (Å²) in [7, 11) is 0. The summed E-state index contributed by atoms with van der Waals surface area (Å²) >= 11 is 0.828. The zero-order chi connectivity index (χ0) is 19.4. The van der Waals surface area contributed by atoms with Crippen molar-refractivity contribution in [2.24, 2.45) is 0 Å². The van der Waals surface area contributed by atoms with E-state index in [1.165, 1.54) is 13.8 Å². The van der Waals surface area contributed by atoms with E-state index in [4.69, 9.17) is 4.74 Å². The van der Waals surface area contributed by atoms with Crippen LogP contribution in [0, 0.1) is 0 Å². The molecule has 0 aromatic carbocycles. The van der Waals surface area contributed by atoms with Crippen molar-refractivity contribution in [3.63, 3.8) is 0 Å². The number of carbonyl (C=O) groups excluding carboxylic acids is 2. The smallest absolute Gasteiger partial charge is 0.335 e. The summed E-state index contributed by atoms with van der Waals surface area (Å²) in [5.41, 5.74) is -1.79. The number of amides is 1. The minimum absolute atomic E-state index is 0.125. The van der Waals surface area contributed by atoms with Crippen LogP contribution in [0.5, 0.6) is 0 Å². The van der Waals surface area contributed by atoms with Crippen LogP contribution in [0.15, 0.2) is 0 Å². The molecule has 0 radical (unpaired) electrons. The van der Waals surface area contributed by atoms with E-state index < -0.39 is 47.9 Å². The number of rotatable bonds is 7. The standard InChI is InChI=1S/C15H25NO8S/c1-4-10(20)25-6-9(19)12(21)13-11(16-7(2)17)8(18)5-15(3,24-13)14(22)23/h8-9,11-13,18-19,21H,4-6H2,1-3H3,(H,16,17)(H,22,23)/t8-,9-,11-,12-,13?,15+/m1/s1. The summed E-state index contributed by atoms with van der Waals surface area (Å²) in [5, 5.41) is 42.3. The summed E-state index contributed by atoms with van der Waals surface area (Å²) < 4.78 is 5.46. The Morgan fingerprint density at radius 3 is 2.44 bits per heavy atom. The van der Waals surface area contributed by atoms with Gasteiger partial charge in [0, 0.05) is 25.5 Å². The number of thioether (sulfide) groups is 1. The highest BCUT2D eigenvalue weighted by molar-refractivity contribution is 8.13. The van der Waals surface area contributed by atoms with Crippen LogP contribution >= 0.6 is 11.8 Å². The maximum absolute atomic E-state index is 11.4. The van der Waals surface area contributed by atoms with E-state index in [9.17, 15) is 34.8 Å². The average Bonchev–Trinajstić information content (AvgIpc) is 2.53. The molecule has 1 rings (SSSR count). The van der Waals surface area contributed by atoms with E-state index in [0.717, 1.165) is 11.8 Å². The van der Waals surface area contributed by atoms with Crippen LogP contribution in [0.2, 0.25) is 0 Å². The van der Waals surface area contributed by atoms with Gasteiger partial charge in [-0.1, -0.05) is 18.7 Å². The molecule has 5 N–H and O–H groups in total. The molecule has 9 nitrogen and oxygen atoms in total. The second-order valence-electron chi connectivity index (χ2n) is 6.21. The Morgan fingerprint density at radius 1 is 1.36 bits per heavy atom. The summed E-state index contributed by atoms with van der Waals surface area (Å²) in [4.78, 5) is 34.1. The first kappa shape index (κ1) is 21.8. The van der Waals surface area contributed by atoms with Gasteiger partial charge in [-0.25, -0.2) is 4.79 Å². The van der Waals surface area contributed by atoms with E-state index in [1.807, 2.05) is 0 Å². The number of aliphatic hydroxyl groups excluding tert-OH is 3. The lowest BCUT2D eigenvalue weighted by molar-refractivity contribution is -0.221. The van der Waals surface area contributed by atoms with Gasteiger partial charge in [-0.15, -0.1) is 0 Å². The first-order valence-electron chi connectivity index (χ1n) is 7.90.